The van der Waals surface area contributed by atoms with Crippen LogP contribution in [0.25, 0.3) is 0 Å². The molecule has 1 aliphatic rings. The number of nitroso groups, excluding NO2 is 1. The van der Waals surface area contributed by atoms with Gasteiger partial charge in [-0.1, -0.05) is 12.1 Å². The van der Waals surface area contributed by atoms with Crippen molar-refractivity contribution in [3.8, 4) is 5.75 Å². The summed E-state index contributed by atoms with van der Waals surface area (Å²) in [4.78, 5) is 21.7. The summed E-state index contributed by atoms with van der Waals surface area (Å²) in [6.07, 6.45) is 0. The molecule has 0 radical (unpaired) electrons. The van der Waals surface area contributed by atoms with E-state index in [-0.39, 0.29) is 12.5 Å². The van der Waals surface area contributed by atoms with Crippen LogP contribution in [0.2, 0.25) is 0 Å². The molecule has 0 saturated carbocycles. The molecule has 1 heterocycles. The third-order valence-corrected chi connectivity index (χ3v) is 3.28. The maximum absolute atomic E-state index is 11.2. The van der Waals surface area contributed by atoms with Gasteiger partial charge in [-0.3, -0.25) is 9.80 Å². The second-order valence-electron chi connectivity index (χ2n) is 4.28. The van der Waals surface area contributed by atoms with Crippen LogP contribution in [0.15, 0.2) is 29.6 Å². The lowest BCUT2D eigenvalue weighted by Gasteiger charge is -2.14. The van der Waals surface area contributed by atoms with Gasteiger partial charge in [0, 0.05) is 12.5 Å². The van der Waals surface area contributed by atoms with E-state index in [2.05, 4.69) is 5.29 Å². The summed E-state index contributed by atoms with van der Waals surface area (Å²) in [5.41, 5.74) is 0.884. The Morgan fingerprint density at radius 1 is 1.39 bits per heavy atom. The van der Waals surface area contributed by atoms with E-state index in [0.29, 0.717) is 12.3 Å². The predicted octanol–water partition coefficient (Wildman–Crippen LogP) is 1.48. The summed E-state index contributed by atoms with van der Waals surface area (Å²) in [6.45, 7) is 0.502. The van der Waals surface area contributed by atoms with Gasteiger partial charge in [0.2, 0.25) is 0 Å². The SMILES string of the molecule is COc1ccc(C2CN(N=O)CC2C(=O)O)cc1. The van der Waals surface area contributed by atoms with Crippen molar-refractivity contribution in [2.45, 2.75) is 5.92 Å². The molecule has 6 heteroatoms. The summed E-state index contributed by atoms with van der Waals surface area (Å²) < 4.78 is 5.05. The van der Waals surface area contributed by atoms with Gasteiger partial charge in [0.25, 0.3) is 0 Å². The Kier molecular flexibility index (Phi) is 3.45. The molecule has 1 saturated heterocycles. The van der Waals surface area contributed by atoms with E-state index in [9.17, 15) is 9.70 Å². The van der Waals surface area contributed by atoms with Crippen LogP contribution in [-0.4, -0.2) is 36.3 Å². The van der Waals surface area contributed by atoms with Gasteiger partial charge in [0.05, 0.1) is 24.9 Å². The fourth-order valence-corrected chi connectivity index (χ4v) is 2.29. The minimum atomic E-state index is -0.901. The average Bonchev–Trinajstić information content (AvgIpc) is 2.83. The lowest BCUT2D eigenvalue weighted by atomic mass is 9.89. The van der Waals surface area contributed by atoms with Crippen molar-refractivity contribution in [3.63, 3.8) is 0 Å². The molecule has 2 rings (SSSR count). The van der Waals surface area contributed by atoms with Gasteiger partial charge >= 0.3 is 5.97 Å². The minimum absolute atomic E-state index is 0.162. The van der Waals surface area contributed by atoms with E-state index in [0.717, 1.165) is 5.56 Å². The highest BCUT2D eigenvalue weighted by atomic mass is 16.5. The molecular weight excluding hydrogens is 236 g/mol. The van der Waals surface area contributed by atoms with Crippen LogP contribution in [0.5, 0.6) is 5.75 Å². The number of carboxylic acid groups (broad SMARTS) is 1. The molecule has 2 atom stereocenters. The Morgan fingerprint density at radius 3 is 2.56 bits per heavy atom. The Balaban J connectivity index is 2.23. The molecule has 1 aromatic carbocycles. The zero-order valence-corrected chi connectivity index (χ0v) is 9.94. The largest absolute Gasteiger partial charge is 0.497 e. The van der Waals surface area contributed by atoms with Gasteiger partial charge in [-0.2, -0.15) is 0 Å². The first-order valence-electron chi connectivity index (χ1n) is 5.60. The normalized spacial score (nSPS) is 22.8. The molecule has 1 aromatic rings. The molecule has 0 amide bonds. The third-order valence-electron chi connectivity index (χ3n) is 3.28. The first kappa shape index (κ1) is 12.3. The fraction of sp³-hybridized carbons (Fsp3) is 0.417. The molecule has 96 valence electrons. The van der Waals surface area contributed by atoms with Crippen LogP contribution in [0.4, 0.5) is 0 Å². The van der Waals surface area contributed by atoms with Crippen molar-refractivity contribution >= 4 is 5.97 Å². The lowest BCUT2D eigenvalue weighted by Crippen LogP contribution is -2.21. The van der Waals surface area contributed by atoms with E-state index in [1.807, 2.05) is 12.1 Å². The number of ether oxygens (including phenoxy) is 1. The first-order chi connectivity index (χ1) is 8.65. The van der Waals surface area contributed by atoms with Gasteiger partial charge in [-0.25, -0.2) is 0 Å². The van der Waals surface area contributed by atoms with Crippen molar-refractivity contribution in [2.75, 3.05) is 20.2 Å². The monoisotopic (exact) mass is 250 g/mol. The second-order valence-corrected chi connectivity index (χ2v) is 4.28. The van der Waals surface area contributed by atoms with Crippen molar-refractivity contribution in [1.82, 2.24) is 5.01 Å². The molecule has 18 heavy (non-hydrogen) atoms. The van der Waals surface area contributed by atoms with E-state index in [1.54, 1.807) is 19.2 Å². The number of carbonyl (C=O) groups is 1. The molecule has 2 unspecified atom stereocenters. The van der Waals surface area contributed by atoms with Crippen LogP contribution in [-0.2, 0) is 4.79 Å². The van der Waals surface area contributed by atoms with Gasteiger partial charge in [0.1, 0.15) is 5.75 Å². The van der Waals surface area contributed by atoms with E-state index in [4.69, 9.17) is 9.84 Å². The van der Waals surface area contributed by atoms with Crippen molar-refractivity contribution in [3.05, 3.63) is 34.7 Å². The fourth-order valence-electron chi connectivity index (χ4n) is 2.29. The molecule has 1 fully saturated rings. The lowest BCUT2D eigenvalue weighted by molar-refractivity contribution is -0.141. The molecule has 0 aromatic heterocycles. The number of hydrogen-bond donors (Lipinski definition) is 1. The van der Waals surface area contributed by atoms with Crippen LogP contribution in [0.1, 0.15) is 11.5 Å². The van der Waals surface area contributed by atoms with E-state index < -0.39 is 11.9 Å². The molecule has 0 aliphatic carbocycles. The van der Waals surface area contributed by atoms with Crippen molar-refractivity contribution in [1.29, 1.82) is 0 Å². The number of hydrogen-bond acceptors (Lipinski definition) is 4. The molecule has 1 N–H and O–H groups in total. The van der Waals surface area contributed by atoms with Gasteiger partial charge in [-0.15, -0.1) is 4.91 Å². The molecule has 1 aliphatic heterocycles. The Morgan fingerprint density at radius 2 is 2.06 bits per heavy atom. The highest BCUT2D eigenvalue weighted by Gasteiger charge is 2.38. The van der Waals surface area contributed by atoms with Gasteiger partial charge in [0.15, 0.2) is 0 Å². The van der Waals surface area contributed by atoms with E-state index >= 15 is 0 Å². The maximum atomic E-state index is 11.2. The number of benzene rings is 1. The average molecular weight is 250 g/mol. The maximum Gasteiger partial charge on any atom is 0.309 e. The topological polar surface area (TPSA) is 79.2 Å². The van der Waals surface area contributed by atoms with Crippen LogP contribution in [0.3, 0.4) is 0 Å². The zero-order valence-electron chi connectivity index (χ0n) is 9.94. The minimum Gasteiger partial charge on any atom is -0.497 e. The smallest absolute Gasteiger partial charge is 0.309 e. The Bertz CT molecular complexity index is 446. The number of methoxy groups -OCH3 is 1. The van der Waals surface area contributed by atoms with E-state index in [1.165, 1.54) is 5.01 Å². The Labute approximate surface area is 104 Å². The summed E-state index contributed by atoms with van der Waals surface area (Å²) in [5.74, 6) is -1.00. The van der Waals surface area contributed by atoms with Crippen LogP contribution < -0.4 is 4.74 Å². The van der Waals surface area contributed by atoms with Crippen LogP contribution in [0, 0.1) is 10.8 Å². The summed E-state index contributed by atoms with van der Waals surface area (Å²) in [5, 5.41) is 13.2. The third kappa shape index (κ3) is 2.27. The number of rotatable bonds is 4. The Hall–Kier alpha value is -2.11. The van der Waals surface area contributed by atoms with Crippen LogP contribution >= 0.6 is 0 Å². The predicted molar refractivity (Wildman–Crippen MR) is 64.2 cm³/mol. The van der Waals surface area contributed by atoms with Gasteiger partial charge < -0.3 is 9.84 Å². The summed E-state index contributed by atoms with van der Waals surface area (Å²) in [6, 6.07) is 7.22. The number of aliphatic carboxylic acids is 1. The quantitative estimate of drug-likeness (QED) is 0.819. The highest BCUT2D eigenvalue weighted by Crippen LogP contribution is 2.33. The standard InChI is InChI=1S/C12H14N2O4/c1-18-9-4-2-8(3-5-9)10-6-14(13-17)7-11(10)12(15)16/h2-5,10-11H,6-7H2,1H3,(H,15,16). The molecule has 6 nitrogen and oxygen atoms in total. The van der Waals surface area contributed by atoms with Crippen molar-refractivity contribution < 1.29 is 14.6 Å². The molecular formula is C12H14N2O4. The summed E-state index contributed by atoms with van der Waals surface area (Å²) >= 11 is 0. The van der Waals surface area contributed by atoms with Gasteiger partial charge in [-0.05, 0) is 17.7 Å². The zero-order chi connectivity index (χ0) is 13.1. The molecule has 0 spiro atoms. The highest BCUT2D eigenvalue weighted by molar-refractivity contribution is 5.72. The number of carboxylic acids is 1. The molecule has 0 bridgehead atoms. The second kappa shape index (κ2) is 5.03. The summed E-state index contributed by atoms with van der Waals surface area (Å²) in [7, 11) is 1.57. The number of nitrogens with zero attached hydrogens (tertiary/aromatic N) is 2. The van der Waals surface area contributed by atoms with Crippen molar-refractivity contribution in [2.24, 2.45) is 11.2 Å². The first-order valence-corrected chi connectivity index (χ1v) is 5.60.